The molecular weight excluding hydrogens is 357 g/mol. The van der Waals surface area contributed by atoms with Gasteiger partial charge < -0.3 is 9.47 Å². The van der Waals surface area contributed by atoms with Crippen molar-refractivity contribution < 1.29 is 4.79 Å². The second kappa shape index (κ2) is 5.91. The number of hydrogen-bond donors (Lipinski definition) is 0. The third-order valence-electron chi connectivity index (χ3n) is 2.75. The van der Waals surface area contributed by atoms with E-state index in [9.17, 15) is 4.79 Å². The average Bonchev–Trinajstić information content (AvgIpc) is 2.80. The van der Waals surface area contributed by atoms with E-state index in [1.807, 2.05) is 28.9 Å². The van der Waals surface area contributed by atoms with Gasteiger partial charge in [0.1, 0.15) is 5.69 Å². The third-order valence-corrected chi connectivity index (χ3v) is 3.02. The number of imidazole rings is 1. The number of hydrogen-bond acceptors (Lipinski definition) is 4. The number of aromatic nitrogens is 3. The number of nitrogens with zero attached hydrogens (tertiary/aromatic N) is 5. The van der Waals surface area contributed by atoms with E-state index in [0.717, 1.165) is 5.69 Å². The first-order valence-electron chi connectivity index (χ1n) is 5.49. The summed E-state index contributed by atoms with van der Waals surface area (Å²) < 4.78 is 5.57. The summed E-state index contributed by atoms with van der Waals surface area (Å²) in [6.45, 7) is 0. The Morgan fingerprint density at radius 3 is 2.95 bits per heavy atom. The maximum atomic E-state index is 12.4. The molecule has 0 fully saturated rings. The molecule has 0 aliphatic carbocycles. The van der Waals surface area contributed by atoms with Gasteiger partial charge in [-0.2, -0.15) is 0 Å². The van der Waals surface area contributed by atoms with Crippen LogP contribution in [0.3, 0.4) is 0 Å². The molecule has 2 aromatic heterocycles. The van der Waals surface area contributed by atoms with Crippen LogP contribution in [0.15, 0.2) is 33.9 Å². The fourth-order valence-corrected chi connectivity index (χ4v) is 1.88. The monoisotopic (exact) mass is 369 g/mol. The second-order valence-electron chi connectivity index (χ2n) is 3.86. The molecule has 19 heavy (non-hydrogen) atoms. The molecular formula is C12H12IN5O. The molecule has 0 bridgehead atoms. The van der Waals surface area contributed by atoms with E-state index in [1.165, 1.54) is 4.90 Å². The van der Waals surface area contributed by atoms with Crippen LogP contribution in [0.4, 0.5) is 5.69 Å². The Morgan fingerprint density at radius 2 is 2.32 bits per heavy atom. The van der Waals surface area contributed by atoms with E-state index in [0.29, 0.717) is 11.5 Å². The van der Waals surface area contributed by atoms with Crippen LogP contribution in [-0.4, -0.2) is 33.7 Å². The minimum absolute atomic E-state index is 0.142. The predicted molar refractivity (Wildman–Crippen MR) is 81.8 cm³/mol. The molecule has 0 aliphatic heterocycles. The van der Waals surface area contributed by atoms with E-state index < -0.39 is 0 Å². The molecule has 0 atom stereocenters. The first-order valence-corrected chi connectivity index (χ1v) is 6.45. The summed E-state index contributed by atoms with van der Waals surface area (Å²) in [5.74, 6) is 0.494. The molecule has 0 unspecified atom stereocenters. The molecule has 0 saturated heterocycles. The molecule has 98 valence electrons. The van der Waals surface area contributed by atoms with Gasteiger partial charge in [0.05, 0.1) is 47.2 Å². The topological polar surface area (TPSA) is 63.4 Å². The lowest BCUT2D eigenvalue weighted by molar-refractivity contribution is 0.0985. The van der Waals surface area contributed by atoms with Crippen molar-refractivity contribution in [2.45, 2.75) is 0 Å². The van der Waals surface area contributed by atoms with E-state index in [4.69, 9.17) is 0 Å². The van der Waals surface area contributed by atoms with Crippen LogP contribution >= 0.6 is 22.9 Å². The van der Waals surface area contributed by atoms with Crippen LogP contribution < -0.4 is 4.90 Å². The molecule has 0 aromatic carbocycles. The Morgan fingerprint density at radius 1 is 1.53 bits per heavy atom. The summed E-state index contributed by atoms with van der Waals surface area (Å²) in [5.41, 5.74) is 1.23. The molecule has 7 heteroatoms. The van der Waals surface area contributed by atoms with Crippen molar-refractivity contribution >= 4 is 40.7 Å². The standard InChI is InChI=1S/C12H12IN5O/c1-17(9-4-3-5-14-6-9)12(19)10-7-15-11(8-16-13)18(10)2/h3-8H,1-2H3/b16-8+. The summed E-state index contributed by atoms with van der Waals surface area (Å²) in [6.07, 6.45) is 6.45. The van der Waals surface area contributed by atoms with Gasteiger partial charge in [-0.1, -0.05) is 0 Å². The lowest BCUT2D eigenvalue weighted by Crippen LogP contribution is -2.28. The highest BCUT2D eigenvalue weighted by molar-refractivity contribution is 14.1. The quantitative estimate of drug-likeness (QED) is 0.613. The SMILES string of the molecule is CN(C(=O)c1cnc(/C=N/I)n1C)c1cccnc1. The Hall–Kier alpha value is -1.77. The minimum atomic E-state index is -0.142. The smallest absolute Gasteiger partial charge is 0.276 e. The largest absolute Gasteiger partial charge is 0.322 e. The summed E-state index contributed by atoms with van der Waals surface area (Å²) in [6, 6.07) is 3.62. The van der Waals surface area contributed by atoms with Gasteiger partial charge in [0.2, 0.25) is 0 Å². The number of halogens is 1. The van der Waals surface area contributed by atoms with Crippen LogP contribution in [0, 0.1) is 0 Å². The zero-order chi connectivity index (χ0) is 13.8. The van der Waals surface area contributed by atoms with Crippen LogP contribution in [0.2, 0.25) is 0 Å². The van der Waals surface area contributed by atoms with Crippen molar-refractivity contribution in [1.82, 2.24) is 14.5 Å². The number of anilines is 1. The first kappa shape index (κ1) is 13.7. The van der Waals surface area contributed by atoms with Crippen molar-refractivity contribution in [2.75, 3.05) is 11.9 Å². The first-order chi connectivity index (χ1) is 9.15. The van der Waals surface area contributed by atoms with Crippen LogP contribution in [0.25, 0.3) is 0 Å². The van der Waals surface area contributed by atoms with E-state index in [-0.39, 0.29) is 5.91 Å². The second-order valence-corrected chi connectivity index (χ2v) is 4.42. The normalized spacial score (nSPS) is 10.9. The van der Waals surface area contributed by atoms with Crippen molar-refractivity contribution in [1.29, 1.82) is 0 Å². The zero-order valence-electron chi connectivity index (χ0n) is 10.5. The van der Waals surface area contributed by atoms with Gasteiger partial charge in [-0.3, -0.25) is 9.78 Å². The number of amides is 1. The van der Waals surface area contributed by atoms with Crippen molar-refractivity contribution in [3.63, 3.8) is 0 Å². The predicted octanol–water partition coefficient (Wildman–Crippen LogP) is 1.86. The minimum Gasteiger partial charge on any atom is -0.322 e. The summed E-state index contributed by atoms with van der Waals surface area (Å²) in [7, 11) is 3.49. The Bertz CT molecular complexity index is 608. The van der Waals surface area contributed by atoms with Gasteiger partial charge in [0.15, 0.2) is 5.82 Å². The average molecular weight is 369 g/mol. The number of pyridine rings is 1. The van der Waals surface area contributed by atoms with Crippen molar-refractivity contribution in [2.24, 2.45) is 10.3 Å². The molecule has 0 N–H and O–H groups in total. The van der Waals surface area contributed by atoms with Gasteiger partial charge in [0, 0.05) is 20.3 Å². The molecule has 2 heterocycles. The molecule has 0 radical (unpaired) electrons. The Balaban J connectivity index is 2.30. The summed E-state index contributed by atoms with van der Waals surface area (Å²) in [4.78, 5) is 22.1. The molecule has 0 aliphatic rings. The molecule has 6 nitrogen and oxygen atoms in total. The number of carbonyl (C=O) groups is 1. The summed E-state index contributed by atoms with van der Waals surface area (Å²) >= 11 is 1.87. The fraction of sp³-hybridized carbons (Fsp3) is 0.167. The number of rotatable bonds is 3. The lowest BCUT2D eigenvalue weighted by atomic mass is 10.3. The fourth-order valence-electron chi connectivity index (χ4n) is 1.63. The Labute approximate surface area is 124 Å². The van der Waals surface area contributed by atoms with Crippen LogP contribution in [0.5, 0.6) is 0 Å². The van der Waals surface area contributed by atoms with Gasteiger partial charge in [-0.15, -0.1) is 0 Å². The number of carbonyl (C=O) groups excluding carboxylic acids is 1. The van der Waals surface area contributed by atoms with Crippen molar-refractivity contribution in [3.8, 4) is 0 Å². The van der Waals surface area contributed by atoms with E-state index >= 15 is 0 Å². The lowest BCUT2D eigenvalue weighted by Gasteiger charge is -2.16. The van der Waals surface area contributed by atoms with Gasteiger partial charge in [-0.25, -0.2) is 8.19 Å². The molecule has 1 amide bonds. The van der Waals surface area contributed by atoms with Crippen molar-refractivity contribution in [3.05, 3.63) is 42.2 Å². The summed E-state index contributed by atoms with van der Waals surface area (Å²) in [5, 5.41) is 0. The van der Waals surface area contributed by atoms with Crippen LogP contribution in [-0.2, 0) is 7.05 Å². The third kappa shape index (κ3) is 2.80. The van der Waals surface area contributed by atoms with Gasteiger partial charge >= 0.3 is 0 Å². The van der Waals surface area contributed by atoms with E-state index in [2.05, 4.69) is 13.2 Å². The highest BCUT2D eigenvalue weighted by atomic mass is 127. The molecule has 0 saturated carbocycles. The molecule has 2 rings (SSSR count). The zero-order valence-corrected chi connectivity index (χ0v) is 12.6. The van der Waals surface area contributed by atoms with Gasteiger partial charge in [0.25, 0.3) is 5.91 Å². The maximum Gasteiger partial charge on any atom is 0.276 e. The Kier molecular flexibility index (Phi) is 4.25. The van der Waals surface area contributed by atoms with Gasteiger partial charge in [-0.05, 0) is 12.1 Å². The van der Waals surface area contributed by atoms with E-state index in [1.54, 1.807) is 49.5 Å². The molecule has 2 aromatic rings. The highest BCUT2D eigenvalue weighted by Gasteiger charge is 2.18. The maximum absolute atomic E-state index is 12.4. The highest BCUT2D eigenvalue weighted by Crippen LogP contribution is 2.13. The van der Waals surface area contributed by atoms with Crippen LogP contribution in [0.1, 0.15) is 16.3 Å². The molecule has 0 spiro atoms.